The van der Waals surface area contributed by atoms with Gasteiger partial charge in [-0.05, 0) is 23.8 Å². The molecule has 0 N–H and O–H groups in total. The van der Waals surface area contributed by atoms with E-state index in [1.165, 1.54) is 5.56 Å². The van der Waals surface area contributed by atoms with Crippen LogP contribution in [-0.4, -0.2) is 18.8 Å². The van der Waals surface area contributed by atoms with Crippen LogP contribution in [0.15, 0.2) is 52.3 Å². The maximum Gasteiger partial charge on any atom is 0.252 e. The fourth-order valence-electron chi connectivity index (χ4n) is 1.72. The number of benzene rings is 1. The first kappa shape index (κ1) is 14.7. The number of rotatable bonds is 6. The first-order valence-corrected chi connectivity index (χ1v) is 7.16. The molecule has 20 heavy (non-hydrogen) atoms. The topological polar surface area (TPSA) is 40.5 Å². The van der Waals surface area contributed by atoms with Crippen LogP contribution in [0.1, 0.15) is 5.56 Å². The van der Waals surface area contributed by atoms with Crippen molar-refractivity contribution < 1.29 is 9.47 Å². The van der Waals surface area contributed by atoms with Crippen LogP contribution < -0.4 is 10.3 Å². The van der Waals surface area contributed by atoms with Gasteiger partial charge in [0, 0.05) is 30.0 Å². The van der Waals surface area contributed by atoms with Crippen LogP contribution in [0.4, 0.5) is 0 Å². The molecule has 0 atom stereocenters. The van der Waals surface area contributed by atoms with Gasteiger partial charge in [-0.2, -0.15) is 0 Å². The first-order valence-electron chi connectivity index (χ1n) is 6.18. The monoisotopic (exact) mass is 291 g/mol. The molecule has 1 aromatic carbocycles. The molecular weight excluding hydrogens is 274 g/mol. The Morgan fingerprint density at radius 3 is 2.50 bits per heavy atom. The average molecular weight is 291 g/mol. The van der Waals surface area contributed by atoms with E-state index in [1.54, 1.807) is 36.6 Å². The predicted molar refractivity (Wildman–Crippen MR) is 80.3 cm³/mol. The van der Waals surface area contributed by atoms with E-state index in [-0.39, 0.29) is 12.3 Å². The first-order chi connectivity index (χ1) is 9.72. The SMILES string of the molecule is COCn1cc(SCc2ccc(OC)cc2)ccc1=O. The molecule has 106 valence electrons. The van der Waals surface area contributed by atoms with Crippen molar-refractivity contribution in [3.05, 3.63) is 58.5 Å². The Morgan fingerprint density at radius 2 is 1.85 bits per heavy atom. The highest BCUT2D eigenvalue weighted by Gasteiger charge is 2.01. The minimum Gasteiger partial charge on any atom is -0.497 e. The van der Waals surface area contributed by atoms with Crippen LogP contribution >= 0.6 is 11.8 Å². The second-order valence-electron chi connectivity index (χ2n) is 4.23. The summed E-state index contributed by atoms with van der Waals surface area (Å²) in [5.74, 6) is 1.70. The Balaban J connectivity index is 2.02. The van der Waals surface area contributed by atoms with Gasteiger partial charge >= 0.3 is 0 Å². The van der Waals surface area contributed by atoms with Crippen LogP contribution in [0, 0.1) is 0 Å². The standard InChI is InChI=1S/C15H17NO3S/c1-18-11-16-9-14(7-8-15(16)17)20-10-12-3-5-13(19-2)6-4-12/h3-9H,10-11H2,1-2H3. The van der Waals surface area contributed by atoms with E-state index in [2.05, 4.69) is 0 Å². The largest absolute Gasteiger partial charge is 0.497 e. The van der Waals surface area contributed by atoms with Gasteiger partial charge in [0.1, 0.15) is 12.5 Å². The van der Waals surface area contributed by atoms with Gasteiger partial charge in [-0.1, -0.05) is 12.1 Å². The summed E-state index contributed by atoms with van der Waals surface area (Å²) in [5, 5.41) is 0. The molecule has 0 spiro atoms. The number of nitrogens with zero attached hydrogens (tertiary/aromatic N) is 1. The molecule has 0 aliphatic carbocycles. The third-order valence-corrected chi connectivity index (χ3v) is 3.84. The Bertz CT molecular complexity index is 607. The molecule has 2 aromatic rings. The number of hydrogen-bond acceptors (Lipinski definition) is 4. The van der Waals surface area contributed by atoms with Crippen LogP contribution in [0.2, 0.25) is 0 Å². The Hall–Kier alpha value is -1.72. The van der Waals surface area contributed by atoms with Gasteiger partial charge in [-0.25, -0.2) is 0 Å². The van der Waals surface area contributed by atoms with Crippen molar-refractivity contribution in [2.75, 3.05) is 14.2 Å². The van der Waals surface area contributed by atoms with Crippen LogP contribution in [0.3, 0.4) is 0 Å². The molecule has 5 heteroatoms. The summed E-state index contributed by atoms with van der Waals surface area (Å²) in [6.07, 6.45) is 1.82. The summed E-state index contributed by atoms with van der Waals surface area (Å²) in [6.45, 7) is 0.274. The third-order valence-electron chi connectivity index (χ3n) is 2.79. The summed E-state index contributed by atoms with van der Waals surface area (Å²) in [7, 11) is 3.23. The van der Waals surface area contributed by atoms with Crippen molar-refractivity contribution in [3.8, 4) is 5.75 Å². The summed E-state index contributed by atoms with van der Waals surface area (Å²) in [5.41, 5.74) is 1.15. The summed E-state index contributed by atoms with van der Waals surface area (Å²) in [6, 6.07) is 11.4. The van der Waals surface area contributed by atoms with Crippen LogP contribution in [0.5, 0.6) is 5.75 Å². The highest BCUT2D eigenvalue weighted by atomic mass is 32.2. The predicted octanol–water partition coefficient (Wildman–Crippen LogP) is 2.75. The fourth-order valence-corrected chi connectivity index (χ4v) is 2.62. The molecule has 0 aliphatic rings. The second kappa shape index (κ2) is 7.17. The van der Waals surface area contributed by atoms with Crippen LogP contribution in [0.25, 0.3) is 0 Å². The second-order valence-corrected chi connectivity index (χ2v) is 5.28. The molecule has 1 aromatic heterocycles. The van der Waals surface area contributed by atoms with E-state index >= 15 is 0 Å². The van der Waals surface area contributed by atoms with Crippen LogP contribution in [-0.2, 0) is 17.2 Å². The summed E-state index contributed by atoms with van der Waals surface area (Å²) in [4.78, 5) is 12.6. The van der Waals surface area contributed by atoms with Gasteiger partial charge in [-0.15, -0.1) is 11.8 Å². The molecule has 0 fully saturated rings. The van der Waals surface area contributed by atoms with E-state index in [0.717, 1.165) is 16.4 Å². The smallest absolute Gasteiger partial charge is 0.252 e. The zero-order valence-electron chi connectivity index (χ0n) is 11.5. The van der Waals surface area contributed by atoms with Gasteiger partial charge in [0.05, 0.1) is 7.11 Å². The lowest BCUT2D eigenvalue weighted by atomic mass is 10.2. The minimum atomic E-state index is -0.0550. The minimum absolute atomic E-state index is 0.0550. The molecule has 0 bridgehead atoms. The van der Waals surface area contributed by atoms with Crippen molar-refractivity contribution >= 4 is 11.8 Å². The van der Waals surface area contributed by atoms with Gasteiger partial charge in [0.25, 0.3) is 5.56 Å². The number of ether oxygens (including phenoxy) is 2. The van der Waals surface area contributed by atoms with Gasteiger partial charge < -0.3 is 9.47 Å². The zero-order valence-corrected chi connectivity index (χ0v) is 12.4. The average Bonchev–Trinajstić information content (AvgIpc) is 2.49. The molecule has 0 aliphatic heterocycles. The molecule has 1 heterocycles. The van der Waals surface area contributed by atoms with Crippen molar-refractivity contribution in [1.82, 2.24) is 4.57 Å². The number of pyridine rings is 1. The van der Waals surface area contributed by atoms with E-state index in [9.17, 15) is 4.79 Å². The van der Waals surface area contributed by atoms with Crippen molar-refractivity contribution in [3.63, 3.8) is 0 Å². The highest BCUT2D eigenvalue weighted by molar-refractivity contribution is 7.98. The zero-order chi connectivity index (χ0) is 14.4. The maximum absolute atomic E-state index is 11.6. The molecular formula is C15H17NO3S. The van der Waals surface area contributed by atoms with Gasteiger partial charge in [0.2, 0.25) is 0 Å². The van der Waals surface area contributed by atoms with E-state index in [1.807, 2.05) is 36.5 Å². The Kier molecular flexibility index (Phi) is 5.26. The quantitative estimate of drug-likeness (QED) is 0.767. The van der Waals surface area contributed by atoms with Crippen molar-refractivity contribution in [2.45, 2.75) is 17.4 Å². The Morgan fingerprint density at radius 1 is 1.10 bits per heavy atom. The molecule has 2 rings (SSSR count). The van der Waals surface area contributed by atoms with Gasteiger partial charge in [-0.3, -0.25) is 9.36 Å². The molecule has 0 saturated carbocycles. The number of thioether (sulfide) groups is 1. The lowest BCUT2D eigenvalue weighted by molar-refractivity contribution is 0.127. The molecule has 0 saturated heterocycles. The van der Waals surface area contributed by atoms with E-state index in [4.69, 9.17) is 9.47 Å². The molecule has 0 unspecified atom stereocenters. The van der Waals surface area contributed by atoms with E-state index < -0.39 is 0 Å². The lowest BCUT2D eigenvalue weighted by Gasteiger charge is -2.07. The normalized spacial score (nSPS) is 10.5. The molecule has 0 amide bonds. The third kappa shape index (κ3) is 3.88. The Labute approximate surface area is 122 Å². The maximum atomic E-state index is 11.6. The summed E-state index contributed by atoms with van der Waals surface area (Å²) >= 11 is 1.68. The molecule has 4 nitrogen and oxygen atoms in total. The number of methoxy groups -OCH3 is 2. The summed E-state index contributed by atoms with van der Waals surface area (Å²) < 4.78 is 11.7. The number of hydrogen-bond donors (Lipinski definition) is 0. The van der Waals surface area contributed by atoms with Crippen molar-refractivity contribution in [1.29, 1.82) is 0 Å². The van der Waals surface area contributed by atoms with E-state index in [0.29, 0.717) is 0 Å². The van der Waals surface area contributed by atoms with Crippen molar-refractivity contribution in [2.24, 2.45) is 0 Å². The fraction of sp³-hybridized carbons (Fsp3) is 0.267. The molecule has 0 radical (unpaired) electrons. The van der Waals surface area contributed by atoms with Gasteiger partial charge in [0.15, 0.2) is 0 Å². The lowest BCUT2D eigenvalue weighted by Crippen LogP contribution is -2.19. The number of aromatic nitrogens is 1. The highest BCUT2D eigenvalue weighted by Crippen LogP contribution is 2.22.